The molecule has 21 heavy (non-hydrogen) atoms. The molecule has 118 valence electrons. The van der Waals surface area contributed by atoms with Crippen LogP contribution in [0.5, 0.6) is 5.75 Å². The number of benzene rings is 1. The summed E-state index contributed by atoms with van der Waals surface area (Å²) in [5, 5.41) is 0. The van der Waals surface area contributed by atoms with Crippen molar-refractivity contribution in [3.8, 4) is 5.75 Å². The molecule has 0 aromatic heterocycles. The van der Waals surface area contributed by atoms with Crippen molar-refractivity contribution >= 4 is 21.6 Å². The summed E-state index contributed by atoms with van der Waals surface area (Å²) in [5.74, 6) is 0.428. The summed E-state index contributed by atoms with van der Waals surface area (Å²) in [5.41, 5.74) is 0.539. The van der Waals surface area contributed by atoms with Gasteiger partial charge in [0.2, 0.25) is 10.0 Å². The Morgan fingerprint density at radius 2 is 1.71 bits per heavy atom. The van der Waals surface area contributed by atoms with Crippen molar-refractivity contribution in [1.82, 2.24) is 4.90 Å². The quantitative estimate of drug-likeness (QED) is 0.794. The molecule has 1 aromatic carbocycles. The highest BCUT2D eigenvalue weighted by molar-refractivity contribution is 7.92. The molecular formula is C14H22N2O4S. The summed E-state index contributed by atoms with van der Waals surface area (Å²) in [4.78, 5) is 13.4. The lowest BCUT2D eigenvalue weighted by molar-refractivity contribution is -0.136. The average Bonchev–Trinajstić information content (AvgIpc) is 2.42. The second-order valence-electron chi connectivity index (χ2n) is 4.97. The molecule has 0 aliphatic rings. The molecule has 1 atom stereocenters. The van der Waals surface area contributed by atoms with E-state index in [9.17, 15) is 13.2 Å². The fourth-order valence-corrected chi connectivity index (χ4v) is 2.19. The molecule has 1 rings (SSSR count). The largest absolute Gasteiger partial charge is 0.481 e. The van der Waals surface area contributed by atoms with Crippen molar-refractivity contribution in [2.24, 2.45) is 0 Å². The predicted octanol–water partition coefficient (Wildman–Crippen LogP) is 1.33. The van der Waals surface area contributed by atoms with Crippen molar-refractivity contribution in [3.63, 3.8) is 0 Å². The van der Waals surface area contributed by atoms with Gasteiger partial charge in [-0.15, -0.1) is 0 Å². The van der Waals surface area contributed by atoms with Crippen molar-refractivity contribution in [2.45, 2.75) is 19.4 Å². The first-order chi connectivity index (χ1) is 9.66. The highest BCUT2D eigenvalue weighted by Crippen LogP contribution is 2.21. The minimum atomic E-state index is -3.29. The van der Waals surface area contributed by atoms with Crippen LogP contribution in [0.1, 0.15) is 13.3 Å². The second kappa shape index (κ2) is 6.80. The normalized spacial score (nSPS) is 12.6. The molecule has 0 heterocycles. The third kappa shape index (κ3) is 4.63. The first-order valence-electron chi connectivity index (χ1n) is 6.58. The number of anilines is 1. The monoisotopic (exact) mass is 314 g/mol. The topological polar surface area (TPSA) is 66.9 Å². The lowest BCUT2D eigenvalue weighted by Gasteiger charge is -2.21. The van der Waals surface area contributed by atoms with Crippen LogP contribution in [-0.2, 0) is 14.8 Å². The summed E-state index contributed by atoms with van der Waals surface area (Å²) in [7, 11) is 1.55. The van der Waals surface area contributed by atoms with E-state index in [1.165, 1.54) is 16.3 Å². The van der Waals surface area contributed by atoms with Gasteiger partial charge in [-0.2, -0.15) is 0 Å². The van der Waals surface area contributed by atoms with Crippen LogP contribution in [0.25, 0.3) is 0 Å². The van der Waals surface area contributed by atoms with E-state index in [1.807, 2.05) is 6.92 Å². The van der Waals surface area contributed by atoms with E-state index in [2.05, 4.69) is 0 Å². The van der Waals surface area contributed by atoms with E-state index < -0.39 is 16.1 Å². The standard InChI is InChI=1S/C14H22N2O4S/c1-6-13(14(17)15(2)3)20-12-9-7-11(8-10-12)16(4)21(5,18)19/h7-10,13H,6H2,1-5H3/t13-/m1/s1. The molecule has 0 N–H and O–H groups in total. The minimum absolute atomic E-state index is 0.102. The van der Waals surface area contributed by atoms with Gasteiger partial charge in [-0.05, 0) is 30.7 Å². The average molecular weight is 314 g/mol. The number of ether oxygens (including phenoxy) is 1. The molecule has 0 spiro atoms. The first-order valence-corrected chi connectivity index (χ1v) is 8.43. The fraction of sp³-hybridized carbons (Fsp3) is 0.500. The van der Waals surface area contributed by atoms with Crippen LogP contribution in [0.15, 0.2) is 24.3 Å². The molecule has 7 heteroatoms. The Hall–Kier alpha value is -1.76. The van der Waals surface area contributed by atoms with Gasteiger partial charge in [-0.3, -0.25) is 9.10 Å². The van der Waals surface area contributed by atoms with Crippen LogP contribution >= 0.6 is 0 Å². The number of amides is 1. The summed E-state index contributed by atoms with van der Waals surface area (Å²) in [6.45, 7) is 1.87. The van der Waals surface area contributed by atoms with Gasteiger partial charge in [0.25, 0.3) is 5.91 Å². The molecule has 0 saturated carbocycles. The van der Waals surface area contributed by atoms with Gasteiger partial charge in [-0.25, -0.2) is 8.42 Å². The molecule has 0 fully saturated rings. The molecule has 0 saturated heterocycles. The van der Waals surface area contributed by atoms with E-state index in [0.29, 0.717) is 17.9 Å². The first kappa shape index (κ1) is 17.3. The van der Waals surface area contributed by atoms with Crippen molar-refractivity contribution < 1.29 is 17.9 Å². The van der Waals surface area contributed by atoms with Gasteiger partial charge in [-0.1, -0.05) is 6.92 Å². The Morgan fingerprint density at radius 1 is 1.19 bits per heavy atom. The molecular weight excluding hydrogens is 292 g/mol. The molecule has 0 aliphatic carbocycles. The molecule has 0 radical (unpaired) electrons. The van der Waals surface area contributed by atoms with Gasteiger partial charge in [0, 0.05) is 21.1 Å². The summed E-state index contributed by atoms with van der Waals surface area (Å²) >= 11 is 0. The Bertz CT molecular complexity index is 581. The van der Waals surface area contributed by atoms with Crippen LogP contribution < -0.4 is 9.04 Å². The molecule has 1 aromatic rings. The maximum atomic E-state index is 11.9. The number of hydrogen-bond acceptors (Lipinski definition) is 4. The summed E-state index contributed by atoms with van der Waals surface area (Å²) in [6.07, 6.45) is 1.15. The second-order valence-corrected chi connectivity index (χ2v) is 6.99. The molecule has 1 amide bonds. The van der Waals surface area contributed by atoms with Crippen LogP contribution in [0, 0.1) is 0 Å². The van der Waals surface area contributed by atoms with Crippen LogP contribution in [0.3, 0.4) is 0 Å². The number of rotatable bonds is 6. The van der Waals surface area contributed by atoms with Crippen molar-refractivity contribution in [2.75, 3.05) is 31.7 Å². The third-order valence-electron chi connectivity index (χ3n) is 3.06. The molecule has 0 bridgehead atoms. The van der Waals surface area contributed by atoms with E-state index >= 15 is 0 Å². The van der Waals surface area contributed by atoms with Crippen molar-refractivity contribution in [3.05, 3.63) is 24.3 Å². The molecule has 0 unspecified atom stereocenters. The van der Waals surface area contributed by atoms with Crippen LogP contribution in [0.2, 0.25) is 0 Å². The Morgan fingerprint density at radius 3 is 2.10 bits per heavy atom. The Labute approximate surface area is 126 Å². The zero-order valence-corrected chi connectivity index (χ0v) is 13.8. The number of sulfonamides is 1. The lowest BCUT2D eigenvalue weighted by Crippen LogP contribution is -2.37. The van der Waals surface area contributed by atoms with Gasteiger partial charge in [0.05, 0.1) is 11.9 Å². The smallest absolute Gasteiger partial charge is 0.263 e. The summed E-state index contributed by atoms with van der Waals surface area (Å²) in [6, 6.07) is 6.59. The number of carbonyl (C=O) groups is 1. The van der Waals surface area contributed by atoms with E-state index in [4.69, 9.17) is 4.74 Å². The zero-order chi connectivity index (χ0) is 16.2. The highest BCUT2D eigenvalue weighted by atomic mass is 32.2. The number of carbonyl (C=O) groups excluding carboxylic acids is 1. The predicted molar refractivity (Wildman–Crippen MR) is 83.1 cm³/mol. The van der Waals surface area contributed by atoms with Crippen LogP contribution in [-0.4, -0.2) is 52.7 Å². The Kier molecular flexibility index (Phi) is 5.60. The number of hydrogen-bond donors (Lipinski definition) is 0. The summed E-state index contributed by atoms with van der Waals surface area (Å²) < 4.78 is 29.7. The number of nitrogens with zero attached hydrogens (tertiary/aromatic N) is 2. The van der Waals surface area contributed by atoms with Gasteiger partial charge < -0.3 is 9.64 Å². The highest BCUT2D eigenvalue weighted by Gasteiger charge is 2.20. The Balaban J connectivity index is 2.86. The third-order valence-corrected chi connectivity index (χ3v) is 4.27. The lowest BCUT2D eigenvalue weighted by atomic mass is 10.2. The van der Waals surface area contributed by atoms with Crippen molar-refractivity contribution in [1.29, 1.82) is 0 Å². The number of likely N-dealkylation sites (N-methyl/N-ethyl adjacent to an activating group) is 1. The van der Waals surface area contributed by atoms with E-state index in [0.717, 1.165) is 6.26 Å². The fourth-order valence-electron chi connectivity index (χ4n) is 1.69. The van der Waals surface area contributed by atoms with Gasteiger partial charge in [0.15, 0.2) is 6.10 Å². The minimum Gasteiger partial charge on any atom is -0.481 e. The SMILES string of the molecule is CC[C@@H](Oc1ccc(N(C)S(C)(=O)=O)cc1)C(=O)N(C)C. The molecule has 0 aliphatic heterocycles. The van der Waals surface area contributed by atoms with E-state index in [1.54, 1.807) is 38.4 Å². The maximum absolute atomic E-state index is 11.9. The van der Waals surface area contributed by atoms with Gasteiger partial charge >= 0.3 is 0 Å². The zero-order valence-electron chi connectivity index (χ0n) is 13.0. The van der Waals surface area contributed by atoms with E-state index in [-0.39, 0.29) is 5.91 Å². The maximum Gasteiger partial charge on any atom is 0.263 e. The van der Waals surface area contributed by atoms with Gasteiger partial charge in [0.1, 0.15) is 5.75 Å². The van der Waals surface area contributed by atoms with Crippen LogP contribution in [0.4, 0.5) is 5.69 Å². The molecule has 6 nitrogen and oxygen atoms in total.